The van der Waals surface area contributed by atoms with Gasteiger partial charge in [-0.1, -0.05) is 17.4 Å². The fourth-order valence-corrected chi connectivity index (χ4v) is 5.08. The number of thiazole rings is 1. The smallest absolute Gasteiger partial charge is 0.338 e. The highest BCUT2D eigenvalue weighted by Gasteiger charge is 2.34. The number of rotatable bonds is 7. The molecule has 0 amide bonds. The molecule has 2 aromatic carbocycles. The molecule has 0 fully saturated rings. The van der Waals surface area contributed by atoms with Gasteiger partial charge in [0.05, 0.1) is 47.6 Å². The average Bonchev–Trinajstić information content (AvgIpc) is 3.18. The van der Waals surface area contributed by atoms with E-state index in [2.05, 4.69) is 4.99 Å². The van der Waals surface area contributed by atoms with E-state index >= 15 is 0 Å². The number of fused-ring (bicyclic) bond motifs is 1. The number of non-ortho nitro benzene ring substituents is 1. The predicted molar refractivity (Wildman–Crippen MR) is 135 cm³/mol. The Kier molecular flexibility index (Phi) is 7.11. The molecule has 37 heavy (non-hydrogen) atoms. The number of hydrogen-bond donors (Lipinski definition) is 1. The zero-order valence-electron chi connectivity index (χ0n) is 20.4. The van der Waals surface area contributed by atoms with Gasteiger partial charge in [0.25, 0.3) is 11.2 Å². The molecule has 1 N–H and O–H groups in total. The quantitative estimate of drug-likeness (QED) is 0.282. The number of nitro benzene ring substituents is 1. The van der Waals surface area contributed by atoms with E-state index in [0.717, 1.165) is 11.3 Å². The number of nitrogens with zero attached hydrogens (tertiary/aromatic N) is 3. The monoisotopic (exact) mass is 525 g/mol. The summed E-state index contributed by atoms with van der Waals surface area (Å²) >= 11 is 1.03. The maximum atomic E-state index is 13.7. The molecule has 1 aliphatic rings. The number of benzene rings is 2. The topological polar surface area (TPSA) is 142 Å². The summed E-state index contributed by atoms with van der Waals surface area (Å²) in [5.41, 5.74) is 0.490. The minimum absolute atomic E-state index is 0.100. The van der Waals surface area contributed by atoms with Gasteiger partial charge < -0.3 is 19.3 Å². The van der Waals surface area contributed by atoms with E-state index in [-0.39, 0.29) is 33.7 Å². The maximum Gasteiger partial charge on any atom is 0.338 e. The summed E-state index contributed by atoms with van der Waals surface area (Å²) in [6, 6.07) is 7.70. The number of methoxy groups -OCH3 is 2. The molecule has 0 unspecified atom stereocenters. The molecule has 192 valence electrons. The average molecular weight is 526 g/mol. The Hall–Kier alpha value is -4.45. The van der Waals surface area contributed by atoms with Crippen LogP contribution in [-0.4, -0.2) is 41.4 Å². The molecular weight excluding hydrogens is 502 g/mol. The van der Waals surface area contributed by atoms with Crippen molar-refractivity contribution in [2.75, 3.05) is 20.8 Å². The van der Waals surface area contributed by atoms with E-state index in [0.29, 0.717) is 27.6 Å². The molecule has 12 heteroatoms. The summed E-state index contributed by atoms with van der Waals surface area (Å²) in [7, 11) is 2.98. The number of ether oxygens (including phenoxy) is 3. The first kappa shape index (κ1) is 25.6. The molecule has 4 rings (SSSR count). The van der Waals surface area contributed by atoms with E-state index in [9.17, 15) is 24.8 Å². The van der Waals surface area contributed by atoms with Gasteiger partial charge in [-0.3, -0.25) is 19.5 Å². The Bertz CT molecular complexity index is 1620. The second-order valence-electron chi connectivity index (χ2n) is 7.92. The summed E-state index contributed by atoms with van der Waals surface area (Å²) in [6.07, 6.45) is 1.36. The lowest BCUT2D eigenvalue weighted by Crippen LogP contribution is -2.40. The van der Waals surface area contributed by atoms with Crippen molar-refractivity contribution in [3.8, 4) is 17.2 Å². The van der Waals surface area contributed by atoms with Gasteiger partial charge in [0.1, 0.15) is 5.75 Å². The van der Waals surface area contributed by atoms with Gasteiger partial charge in [-0.2, -0.15) is 0 Å². The van der Waals surface area contributed by atoms with E-state index < -0.39 is 22.5 Å². The number of phenols is 1. The molecule has 1 aliphatic heterocycles. The molecule has 0 bridgehead atoms. The van der Waals surface area contributed by atoms with Crippen molar-refractivity contribution >= 4 is 29.1 Å². The molecule has 0 aliphatic carbocycles. The van der Waals surface area contributed by atoms with E-state index in [1.54, 1.807) is 32.0 Å². The van der Waals surface area contributed by atoms with Gasteiger partial charge in [0.15, 0.2) is 16.3 Å². The van der Waals surface area contributed by atoms with Crippen molar-refractivity contribution in [1.82, 2.24) is 4.57 Å². The highest BCUT2D eigenvalue weighted by molar-refractivity contribution is 7.07. The lowest BCUT2D eigenvalue weighted by Gasteiger charge is -2.25. The number of hydrogen-bond acceptors (Lipinski definition) is 10. The zero-order valence-corrected chi connectivity index (χ0v) is 21.2. The van der Waals surface area contributed by atoms with Crippen LogP contribution in [0.2, 0.25) is 0 Å². The number of nitro groups is 1. The molecule has 1 aromatic heterocycles. The zero-order chi connectivity index (χ0) is 26.9. The Balaban J connectivity index is 1.98. The largest absolute Gasteiger partial charge is 0.507 e. The predicted octanol–water partition coefficient (Wildman–Crippen LogP) is 2.43. The van der Waals surface area contributed by atoms with Gasteiger partial charge in [0, 0.05) is 17.7 Å². The lowest BCUT2D eigenvalue weighted by molar-refractivity contribution is -0.384. The van der Waals surface area contributed by atoms with Gasteiger partial charge in [-0.25, -0.2) is 9.79 Å². The minimum atomic E-state index is -0.893. The number of esters is 1. The Morgan fingerprint density at radius 1 is 1.22 bits per heavy atom. The first-order valence-corrected chi connectivity index (χ1v) is 11.9. The first-order chi connectivity index (χ1) is 17.7. The van der Waals surface area contributed by atoms with Crippen LogP contribution in [0.25, 0.3) is 6.08 Å². The number of carbonyl (C=O) groups is 1. The highest BCUT2D eigenvalue weighted by Crippen LogP contribution is 2.36. The van der Waals surface area contributed by atoms with E-state index in [1.807, 2.05) is 0 Å². The van der Waals surface area contributed by atoms with Crippen molar-refractivity contribution < 1.29 is 29.0 Å². The van der Waals surface area contributed by atoms with Crippen LogP contribution in [0.1, 0.15) is 31.0 Å². The standard InChI is InChI=1S/C25H23N3O8S/c1-5-36-24(31)21-13(2)26-25-27(22(21)14-6-9-18(34-3)19(11-14)35-4)23(30)20(37-25)12-15-10-16(28(32)33)7-8-17(15)29/h6-12,22,29H,5H2,1-4H3/b20-12-/t22-/m0/s1. The van der Waals surface area contributed by atoms with Gasteiger partial charge in [-0.15, -0.1) is 0 Å². The van der Waals surface area contributed by atoms with Crippen molar-refractivity contribution in [2.45, 2.75) is 19.9 Å². The Morgan fingerprint density at radius 3 is 2.59 bits per heavy atom. The summed E-state index contributed by atoms with van der Waals surface area (Å²) in [5, 5.41) is 21.4. The van der Waals surface area contributed by atoms with Crippen molar-refractivity contribution in [3.63, 3.8) is 0 Å². The van der Waals surface area contributed by atoms with Crippen molar-refractivity contribution in [3.05, 3.63) is 88.6 Å². The van der Waals surface area contributed by atoms with Crippen molar-refractivity contribution in [2.24, 2.45) is 4.99 Å². The Labute approximate surface area is 214 Å². The third-order valence-corrected chi connectivity index (χ3v) is 6.73. The highest BCUT2D eigenvalue weighted by atomic mass is 32.1. The van der Waals surface area contributed by atoms with Crippen LogP contribution < -0.4 is 24.4 Å². The molecule has 0 radical (unpaired) electrons. The van der Waals surface area contributed by atoms with E-state index in [1.165, 1.54) is 43.1 Å². The molecule has 2 heterocycles. The van der Waals surface area contributed by atoms with Crippen LogP contribution in [0, 0.1) is 10.1 Å². The normalized spacial score (nSPS) is 15.1. The van der Waals surface area contributed by atoms with Crippen LogP contribution in [0.3, 0.4) is 0 Å². The summed E-state index contributed by atoms with van der Waals surface area (Å²) in [5.74, 6) is 0.0325. The summed E-state index contributed by atoms with van der Waals surface area (Å²) in [6.45, 7) is 3.47. The third kappa shape index (κ3) is 4.70. The fraction of sp³-hybridized carbons (Fsp3) is 0.240. The molecule has 0 saturated heterocycles. The number of carbonyl (C=O) groups excluding carboxylic acids is 1. The second kappa shape index (κ2) is 10.3. The molecule has 0 spiro atoms. The molecule has 11 nitrogen and oxygen atoms in total. The SMILES string of the molecule is CCOC(=O)C1=C(C)N=c2s/c(=C\c3cc([N+](=O)[O-])ccc3O)c(=O)n2[C@H]1c1ccc(OC)c(OC)c1. The minimum Gasteiger partial charge on any atom is -0.507 e. The Morgan fingerprint density at radius 2 is 1.95 bits per heavy atom. The van der Waals surface area contributed by atoms with Gasteiger partial charge >= 0.3 is 5.97 Å². The van der Waals surface area contributed by atoms with Crippen molar-refractivity contribution in [1.29, 1.82) is 0 Å². The fourth-order valence-electron chi connectivity index (χ4n) is 4.04. The van der Waals surface area contributed by atoms with Gasteiger partial charge in [-0.05, 0) is 43.7 Å². The molecule has 0 saturated carbocycles. The van der Waals surface area contributed by atoms with Crippen LogP contribution in [0.15, 0.2) is 57.5 Å². The second-order valence-corrected chi connectivity index (χ2v) is 8.93. The summed E-state index contributed by atoms with van der Waals surface area (Å²) in [4.78, 5) is 42.1. The molecular formula is C25H23N3O8S. The van der Waals surface area contributed by atoms with Crippen LogP contribution >= 0.6 is 11.3 Å². The number of phenolic OH excluding ortho intramolecular Hbond substituents is 1. The lowest BCUT2D eigenvalue weighted by atomic mass is 9.95. The maximum absolute atomic E-state index is 13.7. The molecule has 1 atom stereocenters. The summed E-state index contributed by atoms with van der Waals surface area (Å²) < 4.78 is 17.6. The van der Waals surface area contributed by atoms with Crippen LogP contribution in [0.5, 0.6) is 17.2 Å². The first-order valence-electron chi connectivity index (χ1n) is 11.1. The number of aromatic hydroxyl groups is 1. The van der Waals surface area contributed by atoms with Gasteiger partial charge in [0.2, 0.25) is 0 Å². The third-order valence-electron chi connectivity index (χ3n) is 5.75. The number of aromatic nitrogens is 1. The molecule has 3 aromatic rings. The van der Waals surface area contributed by atoms with Crippen LogP contribution in [0.4, 0.5) is 5.69 Å². The van der Waals surface area contributed by atoms with E-state index in [4.69, 9.17) is 14.2 Å². The van der Waals surface area contributed by atoms with Crippen LogP contribution in [-0.2, 0) is 9.53 Å². The number of allylic oxidation sites excluding steroid dienone is 1.